The van der Waals surface area contributed by atoms with Crippen molar-refractivity contribution in [2.45, 2.75) is 25.7 Å². The fourth-order valence-corrected chi connectivity index (χ4v) is 1.62. The van der Waals surface area contributed by atoms with E-state index in [1.807, 2.05) is 0 Å². The van der Waals surface area contributed by atoms with E-state index in [-0.39, 0.29) is 11.2 Å². The summed E-state index contributed by atoms with van der Waals surface area (Å²) in [4.78, 5) is 10.7. The zero-order valence-electron chi connectivity index (χ0n) is 5.90. The summed E-state index contributed by atoms with van der Waals surface area (Å²) in [5.41, 5.74) is 1.02. The van der Waals surface area contributed by atoms with Crippen molar-refractivity contribution >= 4 is 16.8 Å². The fourth-order valence-electron chi connectivity index (χ4n) is 1.35. The summed E-state index contributed by atoms with van der Waals surface area (Å²) in [6.45, 7) is 3.81. The third-order valence-electron chi connectivity index (χ3n) is 2.01. The van der Waals surface area contributed by atoms with Gasteiger partial charge in [-0.15, -0.1) is 0 Å². The highest BCUT2D eigenvalue weighted by atomic mass is 35.5. The molecule has 0 amide bonds. The third kappa shape index (κ3) is 1.60. The smallest absolute Gasteiger partial charge is 0.228 e. The highest BCUT2D eigenvalue weighted by molar-refractivity contribution is 6.64. The molecule has 0 aromatic carbocycles. The van der Waals surface area contributed by atoms with Gasteiger partial charge in [0.25, 0.3) is 0 Å². The lowest BCUT2D eigenvalue weighted by Gasteiger charge is -2.20. The van der Waals surface area contributed by atoms with Gasteiger partial charge >= 0.3 is 0 Å². The van der Waals surface area contributed by atoms with Crippen molar-refractivity contribution in [3.8, 4) is 0 Å². The second-order valence-electron chi connectivity index (χ2n) is 2.76. The minimum absolute atomic E-state index is 0.0459. The van der Waals surface area contributed by atoms with Gasteiger partial charge in [-0.05, 0) is 30.9 Å². The summed E-state index contributed by atoms with van der Waals surface area (Å²) in [6.07, 6.45) is 4.16. The SMILES string of the molecule is C=C1CCCCC1C(=O)Cl. The van der Waals surface area contributed by atoms with E-state index in [9.17, 15) is 4.79 Å². The summed E-state index contributed by atoms with van der Waals surface area (Å²) < 4.78 is 0. The molecule has 1 unspecified atom stereocenters. The van der Waals surface area contributed by atoms with Crippen LogP contribution in [-0.4, -0.2) is 5.24 Å². The second kappa shape index (κ2) is 3.20. The maximum Gasteiger partial charge on any atom is 0.228 e. The molecule has 1 rings (SSSR count). The number of halogens is 1. The minimum atomic E-state index is -0.232. The lowest BCUT2D eigenvalue weighted by Crippen LogP contribution is -2.15. The standard InChI is InChI=1S/C8H11ClO/c1-6-4-2-3-5-7(6)8(9)10/h7H,1-5H2. The van der Waals surface area contributed by atoms with Crippen molar-refractivity contribution in [2.24, 2.45) is 5.92 Å². The van der Waals surface area contributed by atoms with Gasteiger partial charge in [0.15, 0.2) is 0 Å². The maximum absolute atomic E-state index is 10.7. The number of hydrogen-bond acceptors (Lipinski definition) is 1. The molecular weight excluding hydrogens is 148 g/mol. The predicted octanol–water partition coefficient (Wildman–Crippen LogP) is 2.50. The molecule has 0 radical (unpaired) electrons. The van der Waals surface area contributed by atoms with Crippen LogP contribution in [0.15, 0.2) is 12.2 Å². The normalized spacial score (nSPS) is 26.5. The predicted molar refractivity (Wildman–Crippen MR) is 42.0 cm³/mol. The van der Waals surface area contributed by atoms with Crippen LogP contribution in [0.25, 0.3) is 0 Å². The largest absolute Gasteiger partial charge is 0.281 e. The van der Waals surface area contributed by atoms with Gasteiger partial charge in [-0.1, -0.05) is 18.6 Å². The van der Waals surface area contributed by atoms with Gasteiger partial charge in [0.05, 0.1) is 5.92 Å². The van der Waals surface area contributed by atoms with Crippen molar-refractivity contribution < 1.29 is 4.79 Å². The number of allylic oxidation sites excluding steroid dienone is 1. The zero-order valence-corrected chi connectivity index (χ0v) is 6.66. The average molecular weight is 159 g/mol. The molecule has 0 heterocycles. The minimum Gasteiger partial charge on any atom is -0.281 e. The van der Waals surface area contributed by atoms with E-state index in [2.05, 4.69) is 6.58 Å². The van der Waals surface area contributed by atoms with Crippen LogP contribution in [0.3, 0.4) is 0 Å². The monoisotopic (exact) mass is 158 g/mol. The van der Waals surface area contributed by atoms with Crippen molar-refractivity contribution in [2.75, 3.05) is 0 Å². The van der Waals surface area contributed by atoms with Crippen LogP contribution in [0.1, 0.15) is 25.7 Å². The van der Waals surface area contributed by atoms with Crippen LogP contribution in [0, 0.1) is 5.92 Å². The van der Waals surface area contributed by atoms with Crippen molar-refractivity contribution in [1.82, 2.24) is 0 Å². The van der Waals surface area contributed by atoms with Crippen molar-refractivity contribution in [3.63, 3.8) is 0 Å². The molecular formula is C8H11ClO. The van der Waals surface area contributed by atoms with E-state index in [0.717, 1.165) is 24.8 Å². The van der Waals surface area contributed by atoms with Crippen molar-refractivity contribution in [1.29, 1.82) is 0 Å². The molecule has 1 saturated carbocycles. The van der Waals surface area contributed by atoms with Crippen LogP contribution in [0.5, 0.6) is 0 Å². The molecule has 1 fully saturated rings. The number of hydrogen-bond donors (Lipinski definition) is 0. The average Bonchev–Trinajstić information content (AvgIpc) is 1.88. The molecule has 0 aromatic rings. The molecule has 2 heteroatoms. The van der Waals surface area contributed by atoms with E-state index < -0.39 is 0 Å². The molecule has 1 aliphatic rings. The molecule has 10 heavy (non-hydrogen) atoms. The van der Waals surface area contributed by atoms with E-state index in [0.29, 0.717) is 0 Å². The maximum atomic E-state index is 10.7. The summed E-state index contributed by atoms with van der Waals surface area (Å²) in [5, 5.41) is -0.232. The van der Waals surface area contributed by atoms with E-state index in [4.69, 9.17) is 11.6 Å². The Morgan fingerprint density at radius 3 is 2.70 bits per heavy atom. The van der Waals surface area contributed by atoms with Crippen LogP contribution >= 0.6 is 11.6 Å². The first-order valence-corrected chi connectivity index (χ1v) is 3.96. The van der Waals surface area contributed by atoms with Gasteiger partial charge in [0.2, 0.25) is 5.24 Å². The summed E-state index contributed by atoms with van der Waals surface area (Å²) in [5.74, 6) is -0.0459. The van der Waals surface area contributed by atoms with Crippen LogP contribution < -0.4 is 0 Å². The Morgan fingerprint density at radius 1 is 1.60 bits per heavy atom. The highest BCUT2D eigenvalue weighted by Crippen LogP contribution is 2.29. The Bertz CT molecular complexity index is 163. The number of rotatable bonds is 1. The molecule has 1 atom stereocenters. The topological polar surface area (TPSA) is 17.1 Å². The van der Waals surface area contributed by atoms with Gasteiger partial charge in [0.1, 0.15) is 0 Å². The Kier molecular flexibility index (Phi) is 2.50. The first-order valence-electron chi connectivity index (χ1n) is 3.59. The summed E-state index contributed by atoms with van der Waals surface area (Å²) in [6, 6.07) is 0. The van der Waals surface area contributed by atoms with Gasteiger partial charge in [0, 0.05) is 0 Å². The molecule has 1 aliphatic carbocycles. The number of carbonyl (C=O) groups excluding carboxylic acids is 1. The zero-order chi connectivity index (χ0) is 7.56. The van der Waals surface area contributed by atoms with Gasteiger partial charge in [-0.25, -0.2) is 0 Å². The van der Waals surface area contributed by atoms with E-state index in [1.54, 1.807) is 0 Å². The molecule has 0 saturated heterocycles. The lowest BCUT2D eigenvalue weighted by molar-refractivity contribution is -0.114. The molecule has 0 aromatic heterocycles. The van der Waals surface area contributed by atoms with Gasteiger partial charge in [-0.2, -0.15) is 0 Å². The molecule has 1 nitrogen and oxygen atoms in total. The first-order chi connectivity index (χ1) is 4.72. The van der Waals surface area contributed by atoms with E-state index in [1.165, 1.54) is 6.42 Å². The molecule has 56 valence electrons. The van der Waals surface area contributed by atoms with Crippen LogP contribution in [-0.2, 0) is 4.79 Å². The molecule has 0 spiro atoms. The Balaban J connectivity index is 2.56. The quantitative estimate of drug-likeness (QED) is 0.423. The summed E-state index contributed by atoms with van der Waals surface area (Å²) in [7, 11) is 0. The highest BCUT2D eigenvalue weighted by Gasteiger charge is 2.22. The van der Waals surface area contributed by atoms with E-state index >= 15 is 0 Å². The third-order valence-corrected chi connectivity index (χ3v) is 2.27. The Hall–Kier alpha value is -0.300. The van der Waals surface area contributed by atoms with Crippen LogP contribution in [0.4, 0.5) is 0 Å². The lowest BCUT2D eigenvalue weighted by atomic mass is 9.86. The fraction of sp³-hybridized carbons (Fsp3) is 0.625. The van der Waals surface area contributed by atoms with Gasteiger partial charge in [-0.3, -0.25) is 4.79 Å². The van der Waals surface area contributed by atoms with Gasteiger partial charge < -0.3 is 0 Å². The first kappa shape index (κ1) is 7.80. The van der Waals surface area contributed by atoms with Crippen LogP contribution in [0.2, 0.25) is 0 Å². The molecule has 0 N–H and O–H groups in total. The molecule has 0 bridgehead atoms. The molecule has 0 aliphatic heterocycles. The Labute approximate surface area is 66.1 Å². The Morgan fingerprint density at radius 2 is 2.30 bits per heavy atom. The second-order valence-corrected chi connectivity index (χ2v) is 3.13. The van der Waals surface area contributed by atoms with Crippen molar-refractivity contribution in [3.05, 3.63) is 12.2 Å². The number of carbonyl (C=O) groups is 1. The summed E-state index contributed by atoms with van der Waals surface area (Å²) >= 11 is 5.35.